The van der Waals surface area contributed by atoms with E-state index in [1.807, 2.05) is 36.0 Å². The number of hydrogen-bond acceptors (Lipinski definition) is 5. The standard InChI is InChI=1S/C27H18N2O3S/c30-29(31)19-12-13-24-18(14-19)15-25(32-24)23-16-27(33-26-11-4-3-10-22(26)28-23)21-9-5-7-17-6-1-2-8-20(17)21/h1-15,27H,16H2. The summed E-state index contributed by atoms with van der Waals surface area (Å²) in [5, 5.41) is 14.5. The summed E-state index contributed by atoms with van der Waals surface area (Å²) in [4.78, 5) is 16.9. The molecule has 0 amide bonds. The Kier molecular flexibility index (Phi) is 4.73. The number of thioether (sulfide) groups is 1. The van der Waals surface area contributed by atoms with Crippen LogP contribution in [0.1, 0.15) is 23.0 Å². The molecule has 0 spiro atoms. The van der Waals surface area contributed by atoms with Gasteiger partial charge in [0.1, 0.15) is 11.3 Å². The molecular weight excluding hydrogens is 432 g/mol. The Morgan fingerprint density at radius 1 is 0.909 bits per heavy atom. The highest BCUT2D eigenvalue weighted by Gasteiger charge is 2.25. The Morgan fingerprint density at radius 3 is 2.64 bits per heavy atom. The highest BCUT2D eigenvalue weighted by atomic mass is 32.2. The van der Waals surface area contributed by atoms with E-state index in [4.69, 9.17) is 9.41 Å². The molecule has 1 aromatic heterocycles. The van der Waals surface area contributed by atoms with Gasteiger partial charge in [0.05, 0.1) is 16.3 Å². The summed E-state index contributed by atoms with van der Waals surface area (Å²) < 4.78 is 6.12. The van der Waals surface area contributed by atoms with Gasteiger partial charge in [0.25, 0.3) is 5.69 Å². The number of hydrogen-bond donors (Lipinski definition) is 0. The lowest BCUT2D eigenvalue weighted by molar-refractivity contribution is -0.384. The molecule has 1 aliphatic heterocycles. The summed E-state index contributed by atoms with van der Waals surface area (Å²) >= 11 is 1.81. The topological polar surface area (TPSA) is 68.6 Å². The molecule has 1 atom stereocenters. The second-order valence-corrected chi connectivity index (χ2v) is 9.24. The van der Waals surface area contributed by atoms with Crippen molar-refractivity contribution in [3.05, 3.63) is 112 Å². The molecule has 160 valence electrons. The molecule has 1 unspecified atom stereocenters. The number of benzene rings is 4. The maximum absolute atomic E-state index is 11.2. The Balaban J connectivity index is 1.49. The van der Waals surface area contributed by atoms with Gasteiger partial charge in [0.15, 0.2) is 0 Å². The number of para-hydroxylation sites is 1. The average Bonchev–Trinajstić information content (AvgIpc) is 3.17. The first-order valence-electron chi connectivity index (χ1n) is 10.6. The van der Waals surface area contributed by atoms with Crippen molar-refractivity contribution in [3.8, 4) is 0 Å². The Morgan fingerprint density at radius 2 is 1.73 bits per heavy atom. The number of furan rings is 1. The zero-order chi connectivity index (χ0) is 22.4. The Labute approximate surface area is 193 Å². The Bertz CT molecular complexity index is 1570. The molecule has 0 saturated carbocycles. The van der Waals surface area contributed by atoms with Crippen molar-refractivity contribution in [2.24, 2.45) is 4.99 Å². The monoisotopic (exact) mass is 450 g/mol. The SMILES string of the molecule is O=[N+]([O-])c1ccc2oc(C3=Nc4ccccc4SC(c4cccc5ccccc45)C3)cc2c1. The van der Waals surface area contributed by atoms with Crippen LogP contribution in [0.2, 0.25) is 0 Å². The van der Waals surface area contributed by atoms with Gasteiger partial charge in [0.2, 0.25) is 0 Å². The van der Waals surface area contributed by atoms with E-state index in [0.29, 0.717) is 23.2 Å². The zero-order valence-electron chi connectivity index (χ0n) is 17.5. The van der Waals surface area contributed by atoms with Crippen molar-refractivity contribution in [2.45, 2.75) is 16.6 Å². The molecule has 1 aliphatic rings. The second-order valence-electron chi connectivity index (χ2n) is 8.00. The molecule has 4 aromatic carbocycles. The molecule has 0 N–H and O–H groups in total. The lowest BCUT2D eigenvalue weighted by Gasteiger charge is -2.18. The highest BCUT2D eigenvalue weighted by Crippen LogP contribution is 2.47. The lowest BCUT2D eigenvalue weighted by atomic mass is 9.98. The van der Waals surface area contributed by atoms with Crippen LogP contribution in [-0.4, -0.2) is 10.6 Å². The third kappa shape index (κ3) is 3.58. The third-order valence-electron chi connectivity index (χ3n) is 5.93. The number of nitro benzene ring substituents is 1. The van der Waals surface area contributed by atoms with Gasteiger partial charge in [-0.05, 0) is 40.6 Å². The summed E-state index contributed by atoms with van der Waals surface area (Å²) in [6.45, 7) is 0. The van der Waals surface area contributed by atoms with E-state index in [2.05, 4.69) is 48.5 Å². The third-order valence-corrected chi connectivity index (χ3v) is 7.24. The first-order chi connectivity index (χ1) is 16.2. The number of aliphatic imine (C=N–C) groups is 1. The van der Waals surface area contributed by atoms with E-state index in [1.54, 1.807) is 12.1 Å². The van der Waals surface area contributed by atoms with Crippen molar-refractivity contribution in [1.29, 1.82) is 0 Å². The number of rotatable bonds is 3. The number of nitro groups is 1. The van der Waals surface area contributed by atoms with Crippen molar-refractivity contribution in [1.82, 2.24) is 0 Å². The summed E-state index contributed by atoms with van der Waals surface area (Å²) in [7, 11) is 0. The fourth-order valence-electron chi connectivity index (χ4n) is 4.36. The predicted octanol–water partition coefficient (Wildman–Crippen LogP) is 7.85. The van der Waals surface area contributed by atoms with Crippen LogP contribution in [0.25, 0.3) is 21.7 Å². The van der Waals surface area contributed by atoms with Crippen molar-refractivity contribution < 1.29 is 9.34 Å². The van der Waals surface area contributed by atoms with Crippen LogP contribution in [0, 0.1) is 10.1 Å². The zero-order valence-corrected chi connectivity index (χ0v) is 18.3. The molecule has 6 rings (SSSR count). The summed E-state index contributed by atoms with van der Waals surface area (Å²) in [6.07, 6.45) is 0.676. The highest BCUT2D eigenvalue weighted by molar-refractivity contribution is 7.99. The predicted molar refractivity (Wildman–Crippen MR) is 133 cm³/mol. The van der Waals surface area contributed by atoms with Crippen LogP contribution >= 0.6 is 11.8 Å². The van der Waals surface area contributed by atoms with Gasteiger partial charge in [-0.25, -0.2) is 4.99 Å². The minimum atomic E-state index is -0.390. The molecule has 0 aliphatic carbocycles. The second kappa shape index (κ2) is 7.90. The van der Waals surface area contributed by atoms with Crippen LogP contribution in [0.5, 0.6) is 0 Å². The first-order valence-corrected chi connectivity index (χ1v) is 11.5. The first kappa shape index (κ1) is 19.8. The maximum atomic E-state index is 11.2. The van der Waals surface area contributed by atoms with Crippen molar-refractivity contribution >= 4 is 50.6 Å². The smallest absolute Gasteiger partial charge is 0.270 e. The van der Waals surface area contributed by atoms with Crippen LogP contribution in [0.15, 0.2) is 105 Å². The van der Waals surface area contributed by atoms with Gasteiger partial charge >= 0.3 is 0 Å². The van der Waals surface area contributed by atoms with Gasteiger partial charge in [-0.1, -0.05) is 54.6 Å². The number of non-ortho nitro benzene ring substituents is 1. The van der Waals surface area contributed by atoms with Crippen LogP contribution in [0.4, 0.5) is 11.4 Å². The number of nitrogens with zero attached hydrogens (tertiary/aromatic N) is 2. The van der Waals surface area contributed by atoms with E-state index in [9.17, 15) is 10.1 Å². The molecule has 0 radical (unpaired) electrons. The maximum Gasteiger partial charge on any atom is 0.270 e. The average molecular weight is 451 g/mol. The molecule has 5 aromatic rings. The largest absolute Gasteiger partial charge is 0.455 e. The molecule has 0 fully saturated rings. The van der Waals surface area contributed by atoms with Gasteiger partial charge in [0, 0.05) is 34.1 Å². The van der Waals surface area contributed by atoms with E-state index in [0.717, 1.165) is 16.3 Å². The van der Waals surface area contributed by atoms with Crippen molar-refractivity contribution in [3.63, 3.8) is 0 Å². The molecule has 0 saturated heterocycles. The van der Waals surface area contributed by atoms with E-state index in [-0.39, 0.29) is 10.9 Å². The summed E-state index contributed by atoms with van der Waals surface area (Å²) in [5.41, 5.74) is 3.67. The molecular formula is C27H18N2O3S. The normalized spacial score (nSPS) is 15.8. The van der Waals surface area contributed by atoms with Crippen LogP contribution in [0.3, 0.4) is 0 Å². The fraction of sp³-hybridized carbons (Fsp3) is 0.0741. The molecule has 0 bridgehead atoms. The summed E-state index contributed by atoms with van der Waals surface area (Å²) in [6, 6.07) is 29.5. The number of fused-ring (bicyclic) bond motifs is 3. The van der Waals surface area contributed by atoms with Crippen LogP contribution in [-0.2, 0) is 0 Å². The minimum Gasteiger partial charge on any atom is -0.455 e. The van der Waals surface area contributed by atoms with Gasteiger partial charge in [-0.15, -0.1) is 11.8 Å². The molecule has 33 heavy (non-hydrogen) atoms. The van der Waals surface area contributed by atoms with Crippen LogP contribution < -0.4 is 0 Å². The van der Waals surface area contributed by atoms with Gasteiger partial charge in [-0.3, -0.25) is 10.1 Å². The van der Waals surface area contributed by atoms with Gasteiger partial charge in [-0.2, -0.15) is 0 Å². The van der Waals surface area contributed by atoms with E-state index >= 15 is 0 Å². The minimum absolute atomic E-state index is 0.0483. The van der Waals surface area contributed by atoms with E-state index in [1.165, 1.54) is 22.4 Å². The van der Waals surface area contributed by atoms with E-state index < -0.39 is 4.92 Å². The summed E-state index contributed by atoms with van der Waals surface area (Å²) in [5.74, 6) is 0.646. The molecule has 6 heteroatoms. The molecule has 5 nitrogen and oxygen atoms in total. The Hall–Kier alpha value is -3.90. The fourth-order valence-corrected chi connectivity index (χ4v) is 5.63. The quantitative estimate of drug-likeness (QED) is 0.207. The lowest BCUT2D eigenvalue weighted by Crippen LogP contribution is -2.05. The van der Waals surface area contributed by atoms with Gasteiger partial charge < -0.3 is 4.42 Å². The molecule has 2 heterocycles. The van der Waals surface area contributed by atoms with Crippen molar-refractivity contribution in [2.75, 3.05) is 0 Å².